The van der Waals surface area contributed by atoms with Crippen LogP contribution in [-0.2, 0) is 4.79 Å². The highest BCUT2D eigenvalue weighted by atomic mass is 16.4. The van der Waals surface area contributed by atoms with E-state index in [0.29, 0.717) is 5.69 Å². The standard InChI is InChI=1S/C13H16N2O3/c1-7(2)15-8(3)12(16)14-10-6-9(13(17)18)4-5-11(10)15/h4-8H,1-3H3,(H,14,16)(H,17,18). The number of amides is 1. The van der Waals surface area contributed by atoms with Crippen molar-refractivity contribution in [2.75, 3.05) is 10.2 Å². The van der Waals surface area contributed by atoms with Crippen LogP contribution in [0.3, 0.4) is 0 Å². The van der Waals surface area contributed by atoms with Gasteiger partial charge in [-0.25, -0.2) is 4.79 Å². The summed E-state index contributed by atoms with van der Waals surface area (Å²) in [5, 5.41) is 11.7. The van der Waals surface area contributed by atoms with Gasteiger partial charge < -0.3 is 15.3 Å². The molecular weight excluding hydrogens is 232 g/mol. The monoisotopic (exact) mass is 248 g/mol. The SMILES string of the molecule is CC(C)N1c2ccc(C(=O)O)cc2NC(=O)C1C. The molecule has 1 aliphatic rings. The Labute approximate surface area is 105 Å². The molecule has 96 valence electrons. The van der Waals surface area contributed by atoms with Crippen molar-refractivity contribution in [3.63, 3.8) is 0 Å². The molecule has 0 saturated heterocycles. The number of anilines is 2. The summed E-state index contributed by atoms with van der Waals surface area (Å²) in [6.07, 6.45) is 0. The number of aromatic carboxylic acids is 1. The number of rotatable bonds is 2. The van der Waals surface area contributed by atoms with Gasteiger partial charge in [-0.05, 0) is 39.0 Å². The Hall–Kier alpha value is -2.04. The van der Waals surface area contributed by atoms with Gasteiger partial charge in [0.05, 0.1) is 16.9 Å². The molecule has 0 saturated carbocycles. The van der Waals surface area contributed by atoms with Crippen LogP contribution in [0.5, 0.6) is 0 Å². The maximum absolute atomic E-state index is 11.9. The van der Waals surface area contributed by atoms with Gasteiger partial charge in [-0.2, -0.15) is 0 Å². The van der Waals surface area contributed by atoms with Gasteiger partial charge in [0.2, 0.25) is 5.91 Å². The van der Waals surface area contributed by atoms with Gasteiger partial charge in [-0.1, -0.05) is 0 Å². The molecule has 2 rings (SSSR count). The lowest BCUT2D eigenvalue weighted by Gasteiger charge is -2.39. The maximum atomic E-state index is 11.9. The number of hydrogen-bond donors (Lipinski definition) is 2. The highest BCUT2D eigenvalue weighted by molar-refractivity contribution is 6.04. The molecule has 1 aromatic carbocycles. The Morgan fingerprint density at radius 1 is 1.44 bits per heavy atom. The van der Waals surface area contributed by atoms with Crippen molar-refractivity contribution in [3.05, 3.63) is 23.8 Å². The van der Waals surface area contributed by atoms with Crippen LogP contribution in [0.15, 0.2) is 18.2 Å². The minimum atomic E-state index is -0.998. The predicted octanol–water partition coefficient (Wildman–Crippen LogP) is 1.94. The second kappa shape index (κ2) is 4.33. The fraction of sp³-hybridized carbons (Fsp3) is 0.385. The van der Waals surface area contributed by atoms with Crippen molar-refractivity contribution >= 4 is 23.3 Å². The highest BCUT2D eigenvalue weighted by Crippen LogP contribution is 2.34. The summed E-state index contributed by atoms with van der Waals surface area (Å²) in [7, 11) is 0. The average Bonchev–Trinajstić information content (AvgIpc) is 2.29. The summed E-state index contributed by atoms with van der Waals surface area (Å²) in [6.45, 7) is 5.84. The number of hydrogen-bond acceptors (Lipinski definition) is 3. The molecule has 0 spiro atoms. The number of benzene rings is 1. The van der Waals surface area contributed by atoms with E-state index < -0.39 is 5.97 Å². The van der Waals surface area contributed by atoms with Gasteiger partial charge in [-0.15, -0.1) is 0 Å². The van der Waals surface area contributed by atoms with Crippen molar-refractivity contribution in [1.29, 1.82) is 0 Å². The first kappa shape index (κ1) is 12.4. The second-order valence-electron chi connectivity index (χ2n) is 4.70. The minimum Gasteiger partial charge on any atom is -0.478 e. The van der Waals surface area contributed by atoms with Crippen LogP contribution in [0.25, 0.3) is 0 Å². The van der Waals surface area contributed by atoms with E-state index in [0.717, 1.165) is 5.69 Å². The largest absolute Gasteiger partial charge is 0.478 e. The van der Waals surface area contributed by atoms with Crippen LogP contribution < -0.4 is 10.2 Å². The Kier molecular flexibility index (Phi) is 2.98. The lowest BCUT2D eigenvalue weighted by Crippen LogP contribution is -2.49. The molecule has 1 aliphatic heterocycles. The lowest BCUT2D eigenvalue weighted by atomic mass is 10.0. The molecule has 0 bridgehead atoms. The number of nitrogens with zero attached hydrogens (tertiary/aromatic N) is 1. The van der Waals surface area contributed by atoms with Crippen LogP contribution in [0, 0.1) is 0 Å². The zero-order chi connectivity index (χ0) is 13.4. The molecule has 1 heterocycles. The normalized spacial score (nSPS) is 18.6. The molecular formula is C13H16N2O3. The van der Waals surface area contributed by atoms with Gasteiger partial charge >= 0.3 is 5.97 Å². The van der Waals surface area contributed by atoms with Crippen molar-refractivity contribution < 1.29 is 14.7 Å². The number of fused-ring (bicyclic) bond motifs is 1. The zero-order valence-electron chi connectivity index (χ0n) is 10.6. The van der Waals surface area contributed by atoms with Crippen molar-refractivity contribution in [2.45, 2.75) is 32.9 Å². The highest BCUT2D eigenvalue weighted by Gasteiger charge is 2.31. The van der Waals surface area contributed by atoms with Gasteiger partial charge in [0.1, 0.15) is 6.04 Å². The molecule has 2 N–H and O–H groups in total. The maximum Gasteiger partial charge on any atom is 0.335 e. The fourth-order valence-corrected chi connectivity index (χ4v) is 2.29. The van der Waals surface area contributed by atoms with Gasteiger partial charge in [0, 0.05) is 6.04 Å². The van der Waals surface area contributed by atoms with Crippen LogP contribution in [0.2, 0.25) is 0 Å². The van der Waals surface area contributed by atoms with Gasteiger partial charge in [0.25, 0.3) is 0 Å². The molecule has 18 heavy (non-hydrogen) atoms. The summed E-state index contributed by atoms with van der Waals surface area (Å²) in [5.41, 5.74) is 1.60. The Bertz CT molecular complexity index is 511. The quantitative estimate of drug-likeness (QED) is 0.839. The molecule has 1 unspecified atom stereocenters. The second-order valence-corrected chi connectivity index (χ2v) is 4.70. The van der Waals surface area contributed by atoms with E-state index in [9.17, 15) is 9.59 Å². The number of carbonyl (C=O) groups is 2. The Morgan fingerprint density at radius 2 is 2.11 bits per heavy atom. The predicted molar refractivity (Wildman–Crippen MR) is 69.1 cm³/mol. The average molecular weight is 248 g/mol. The first-order chi connectivity index (χ1) is 8.41. The van der Waals surface area contributed by atoms with Gasteiger partial charge in [-0.3, -0.25) is 4.79 Å². The van der Waals surface area contributed by atoms with Crippen LogP contribution in [0.4, 0.5) is 11.4 Å². The molecule has 0 aliphatic carbocycles. The minimum absolute atomic E-state index is 0.112. The third-order valence-corrected chi connectivity index (χ3v) is 3.13. The topological polar surface area (TPSA) is 69.6 Å². The summed E-state index contributed by atoms with van der Waals surface area (Å²) in [6, 6.07) is 4.71. The van der Waals surface area contributed by atoms with Crippen LogP contribution in [-0.4, -0.2) is 29.1 Å². The summed E-state index contributed by atoms with van der Waals surface area (Å²) >= 11 is 0. The van der Waals surface area contributed by atoms with E-state index in [1.165, 1.54) is 6.07 Å². The number of nitrogens with one attached hydrogen (secondary N) is 1. The van der Waals surface area contributed by atoms with Crippen molar-refractivity contribution in [1.82, 2.24) is 0 Å². The van der Waals surface area contributed by atoms with E-state index in [1.54, 1.807) is 12.1 Å². The molecule has 1 amide bonds. The summed E-state index contributed by atoms with van der Waals surface area (Å²) in [4.78, 5) is 24.8. The third kappa shape index (κ3) is 1.92. The summed E-state index contributed by atoms with van der Waals surface area (Å²) < 4.78 is 0. The first-order valence-electron chi connectivity index (χ1n) is 5.88. The van der Waals surface area contributed by atoms with Crippen molar-refractivity contribution in [3.8, 4) is 0 Å². The summed E-state index contributed by atoms with van der Waals surface area (Å²) in [5.74, 6) is -1.11. The Balaban J connectivity index is 2.52. The number of carbonyl (C=O) groups excluding carboxylic acids is 1. The smallest absolute Gasteiger partial charge is 0.335 e. The lowest BCUT2D eigenvalue weighted by molar-refractivity contribution is -0.117. The molecule has 0 fully saturated rings. The number of carboxylic acid groups (broad SMARTS) is 1. The fourth-order valence-electron chi connectivity index (χ4n) is 2.29. The Morgan fingerprint density at radius 3 is 2.67 bits per heavy atom. The zero-order valence-corrected chi connectivity index (χ0v) is 10.6. The van der Waals surface area contributed by atoms with E-state index >= 15 is 0 Å². The first-order valence-corrected chi connectivity index (χ1v) is 5.88. The molecule has 5 nitrogen and oxygen atoms in total. The van der Waals surface area contributed by atoms with E-state index in [1.807, 2.05) is 25.7 Å². The molecule has 5 heteroatoms. The van der Waals surface area contributed by atoms with E-state index in [4.69, 9.17) is 5.11 Å². The molecule has 1 aromatic rings. The van der Waals surface area contributed by atoms with Crippen LogP contribution >= 0.6 is 0 Å². The molecule has 0 aromatic heterocycles. The van der Waals surface area contributed by atoms with Gasteiger partial charge in [0.15, 0.2) is 0 Å². The van der Waals surface area contributed by atoms with Crippen LogP contribution in [0.1, 0.15) is 31.1 Å². The van der Waals surface area contributed by atoms with E-state index in [2.05, 4.69) is 5.32 Å². The van der Waals surface area contributed by atoms with E-state index in [-0.39, 0.29) is 23.6 Å². The molecule has 1 atom stereocenters. The number of carboxylic acids is 1. The van der Waals surface area contributed by atoms with Crippen molar-refractivity contribution in [2.24, 2.45) is 0 Å². The third-order valence-electron chi connectivity index (χ3n) is 3.13. The molecule has 0 radical (unpaired) electrons.